The lowest BCUT2D eigenvalue weighted by Gasteiger charge is -2.26. The maximum atomic E-state index is 13.6. The first-order chi connectivity index (χ1) is 15.7. The molecule has 1 N–H and O–H groups in total. The molecular weight excluding hydrogens is 464 g/mol. The zero-order chi connectivity index (χ0) is 24.2. The molecule has 0 aliphatic carbocycles. The van der Waals surface area contributed by atoms with Crippen LogP contribution in [0, 0.1) is 13.8 Å². The number of hydrogen-bond acceptors (Lipinski definition) is 5. The molecule has 0 heterocycles. The SMILES string of the molecule is COc1ccc(N(CC(=O)Nc2cccc(Cl)c2C)S(=O)(=O)c2ccc(C)cc2)c(OC)c1. The molecule has 0 saturated carbocycles. The monoisotopic (exact) mass is 488 g/mol. The molecule has 0 fully saturated rings. The van der Waals surface area contributed by atoms with Gasteiger partial charge in [0, 0.05) is 16.8 Å². The lowest BCUT2D eigenvalue weighted by atomic mass is 10.2. The van der Waals surface area contributed by atoms with Crippen LogP contribution in [0.1, 0.15) is 11.1 Å². The van der Waals surface area contributed by atoms with E-state index in [1.165, 1.54) is 26.4 Å². The van der Waals surface area contributed by atoms with Gasteiger partial charge in [0.15, 0.2) is 0 Å². The zero-order valence-corrected chi connectivity index (χ0v) is 20.3. The van der Waals surface area contributed by atoms with Gasteiger partial charge < -0.3 is 14.8 Å². The predicted molar refractivity (Wildman–Crippen MR) is 130 cm³/mol. The second-order valence-electron chi connectivity index (χ2n) is 7.32. The number of carbonyl (C=O) groups is 1. The van der Waals surface area contributed by atoms with Crippen LogP contribution in [-0.4, -0.2) is 35.1 Å². The van der Waals surface area contributed by atoms with Crippen LogP contribution in [0.5, 0.6) is 11.5 Å². The maximum Gasteiger partial charge on any atom is 0.264 e. The average molecular weight is 489 g/mol. The van der Waals surface area contributed by atoms with E-state index in [1.807, 2.05) is 6.92 Å². The summed E-state index contributed by atoms with van der Waals surface area (Å²) in [7, 11) is -1.19. The number of rotatable bonds is 8. The molecule has 3 aromatic carbocycles. The first kappa shape index (κ1) is 24.4. The van der Waals surface area contributed by atoms with E-state index < -0.39 is 22.5 Å². The molecule has 1 amide bonds. The number of benzene rings is 3. The molecule has 3 rings (SSSR count). The Bertz CT molecular complexity index is 1260. The van der Waals surface area contributed by atoms with Gasteiger partial charge in [-0.2, -0.15) is 0 Å². The van der Waals surface area contributed by atoms with Gasteiger partial charge in [0.05, 0.1) is 24.8 Å². The molecule has 3 aromatic rings. The number of sulfonamides is 1. The summed E-state index contributed by atoms with van der Waals surface area (Å²) in [5.74, 6) is 0.202. The van der Waals surface area contributed by atoms with Crippen molar-refractivity contribution in [2.75, 3.05) is 30.4 Å². The van der Waals surface area contributed by atoms with Crippen molar-refractivity contribution in [3.63, 3.8) is 0 Å². The second-order valence-corrected chi connectivity index (χ2v) is 9.59. The van der Waals surface area contributed by atoms with Crippen molar-refractivity contribution >= 4 is 38.9 Å². The molecule has 0 aromatic heterocycles. The number of nitrogens with one attached hydrogen (secondary N) is 1. The zero-order valence-electron chi connectivity index (χ0n) is 18.8. The Morgan fingerprint density at radius 1 is 1.00 bits per heavy atom. The van der Waals surface area contributed by atoms with Crippen LogP contribution in [0.4, 0.5) is 11.4 Å². The molecule has 0 aliphatic heterocycles. The third kappa shape index (κ3) is 5.40. The van der Waals surface area contributed by atoms with E-state index >= 15 is 0 Å². The number of methoxy groups -OCH3 is 2. The smallest absolute Gasteiger partial charge is 0.264 e. The van der Waals surface area contributed by atoms with Crippen LogP contribution in [-0.2, 0) is 14.8 Å². The van der Waals surface area contributed by atoms with Crippen molar-refractivity contribution in [2.24, 2.45) is 0 Å². The fourth-order valence-electron chi connectivity index (χ4n) is 3.19. The fraction of sp³-hybridized carbons (Fsp3) is 0.208. The van der Waals surface area contributed by atoms with Crippen molar-refractivity contribution in [1.82, 2.24) is 0 Å². The average Bonchev–Trinajstić information content (AvgIpc) is 2.80. The van der Waals surface area contributed by atoms with E-state index in [4.69, 9.17) is 21.1 Å². The molecule has 0 bridgehead atoms. The molecule has 9 heteroatoms. The molecule has 174 valence electrons. The van der Waals surface area contributed by atoms with Gasteiger partial charge in [0.2, 0.25) is 5.91 Å². The number of halogens is 1. The Morgan fingerprint density at radius 3 is 2.33 bits per heavy atom. The summed E-state index contributed by atoms with van der Waals surface area (Å²) in [5, 5.41) is 3.24. The minimum absolute atomic E-state index is 0.0534. The number of amides is 1. The highest BCUT2D eigenvalue weighted by molar-refractivity contribution is 7.92. The van der Waals surface area contributed by atoms with E-state index in [9.17, 15) is 13.2 Å². The Morgan fingerprint density at radius 2 is 1.70 bits per heavy atom. The van der Waals surface area contributed by atoms with Crippen LogP contribution in [0.25, 0.3) is 0 Å². The molecule has 33 heavy (non-hydrogen) atoms. The first-order valence-corrected chi connectivity index (χ1v) is 11.9. The van der Waals surface area contributed by atoms with Crippen LogP contribution in [0.2, 0.25) is 5.02 Å². The second kappa shape index (κ2) is 10.1. The van der Waals surface area contributed by atoms with Gasteiger partial charge in [-0.15, -0.1) is 0 Å². The summed E-state index contributed by atoms with van der Waals surface area (Å²) in [4.78, 5) is 13.0. The quantitative estimate of drug-likeness (QED) is 0.492. The summed E-state index contributed by atoms with van der Waals surface area (Å²) in [5.41, 5.74) is 2.30. The van der Waals surface area contributed by atoms with Crippen molar-refractivity contribution in [1.29, 1.82) is 0 Å². The lowest BCUT2D eigenvalue weighted by Crippen LogP contribution is -2.38. The standard InChI is InChI=1S/C24H25ClN2O5S/c1-16-8-11-19(12-9-16)33(29,30)27(22-13-10-18(31-3)14-23(22)32-4)15-24(28)26-21-7-5-6-20(25)17(21)2/h5-14H,15H2,1-4H3,(H,26,28). The van der Waals surface area contributed by atoms with Gasteiger partial charge in [-0.05, 0) is 55.8 Å². The summed E-state index contributed by atoms with van der Waals surface area (Å²) < 4.78 is 38.9. The summed E-state index contributed by atoms with van der Waals surface area (Å²) >= 11 is 6.15. The molecule has 0 saturated heterocycles. The lowest BCUT2D eigenvalue weighted by molar-refractivity contribution is -0.114. The van der Waals surface area contributed by atoms with Crippen molar-refractivity contribution in [3.05, 3.63) is 76.8 Å². The van der Waals surface area contributed by atoms with Crippen molar-refractivity contribution < 1.29 is 22.7 Å². The summed E-state index contributed by atoms with van der Waals surface area (Å²) in [6.45, 7) is 3.15. The highest BCUT2D eigenvalue weighted by Crippen LogP contribution is 2.35. The van der Waals surface area contributed by atoms with Gasteiger partial charge in [-0.3, -0.25) is 9.10 Å². The minimum Gasteiger partial charge on any atom is -0.497 e. The van der Waals surface area contributed by atoms with E-state index in [1.54, 1.807) is 55.5 Å². The molecule has 0 spiro atoms. The third-order valence-corrected chi connectivity index (χ3v) is 7.28. The highest BCUT2D eigenvalue weighted by Gasteiger charge is 2.30. The van der Waals surface area contributed by atoms with Crippen LogP contribution in [0.3, 0.4) is 0 Å². The van der Waals surface area contributed by atoms with Crippen molar-refractivity contribution in [2.45, 2.75) is 18.7 Å². The maximum absolute atomic E-state index is 13.6. The first-order valence-electron chi connectivity index (χ1n) is 10.0. The van der Waals surface area contributed by atoms with Crippen molar-refractivity contribution in [3.8, 4) is 11.5 Å². The predicted octanol–water partition coefficient (Wildman–Crippen LogP) is 4.81. The number of hydrogen-bond donors (Lipinski definition) is 1. The number of aryl methyl sites for hydroxylation is 1. The Balaban J connectivity index is 2.05. The minimum atomic E-state index is -4.10. The molecule has 7 nitrogen and oxygen atoms in total. The van der Waals surface area contributed by atoms with E-state index in [0.29, 0.717) is 22.0 Å². The molecule has 0 radical (unpaired) electrons. The normalized spacial score (nSPS) is 11.1. The highest BCUT2D eigenvalue weighted by atomic mass is 35.5. The Kier molecular flexibility index (Phi) is 7.50. The summed E-state index contributed by atoms with van der Waals surface area (Å²) in [6, 6.07) is 16.2. The Labute approximate surface area is 198 Å². The number of nitrogens with zero attached hydrogens (tertiary/aromatic N) is 1. The van der Waals surface area contributed by atoms with Gasteiger partial charge in [-0.1, -0.05) is 35.4 Å². The third-order valence-electron chi connectivity index (χ3n) is 5.09. The molecule has 0 unspecified atom stereocenters. The summed E-state index contributed by atoms with van der Waals surface area (Å²) in [6.07, 6.45) is 0. The number of ether oxygens (including phenoxy) is 2. The van der Waals surface area contributed by atoms with Crippen LogP contribution < -0.4 is 19.1 Å². The van der Waals surface area contributed by atoms with Crippen LogP contribution in [0.15, 0.2) is 65.6 Å². The van der Waals surface area contributed by atoms with E-state index in [0.717, 1.165) is 9.87 Å². The van der Waals surface area contributed by atoms with E-state index in [2.05, 4.69) is 5.32 Å². The number of carbonyl (C=O) groups excluding carboxylic acids is 1. The van der Waals surface area contributed by atoms with Crippen LogP contribution >= 0.6 is 11.6 Å². The van der Waals surface area contributed by atoms with Gasteiger partial charge in [0.25, 0.3) is 10.0 Å². The molecular formula is C24H25ClN2O5S. The topological polar surface area (TPSA) is 84.9 Å². The van der Waals surface area contributed by atoms with E-state index in [-0.39, 0.29) is 16.3 Å². The molecule has 0 atom stereocenters. The van der Waals surface area contributed by atoms with Gasteiger partial charge in [0.1, 0.15) is 18.0 Å². The molecule has 0 aliphatic rings. The number of anilines is 2. The Hall–Kier alpha value is -3.23. The van der Waals surface area contributed by atoms with Gasteiger partial charge in [-0.25, -0.2) is 8.42 Å². The largest absolute Gasteiger partial charge is 0.497 e. The fourth-order valence-corrected chi connectivity index (χ4v) is 4.80. The van der Waals surface area contributed by atoms with Gasteiger partial charge >= 0.3 is 0 Å².